The number of nitrogens with zero attached hydrogens (tertiary/aromatic N) is 3. The van der Waals surface area contributed by atoms with Crippen LogP contribution in [0.25, 0.3) is 0 Å². The van der Waals surface area contributed by atoms with Crippen LogP contribution in [0.15, 0.2) is 6.07 Å². The lowest BCUT2D eigenvalue weighted by Gasteiger charge is -2.34. The molecule has 1 unspecified atom stereocenters. The summed E-state index contributed by atoms with van der Waals surface area (Å²) >= 11 is 0. The third-order valence-electron chi connectivity index (χ3n) is 5.12. The molecular weight excluding hydrogens is 280 g/mol. The van der Waals surface area contributed by atoms with Crippen molar-refractivity contribution in [3.63, 3.8) is 0 Å². The molecule has 1 aromatic heterocycles. The number of ether oxygens (including phenoxy) is 1. The largest absolute Gasteiger partial charge is 0.380 e. The molecule has 6 nitrogen and oxygen atoms in total. The van der Waals surface area contributed by atoms with E-state index in [1.807, 2.05) is 4.90 Å². The molecule has 3 heterocycles. The maximum absolute atomic E-state index is 12.4. The number of nitrogens with one attached hydrogen (secondary N) is 1. The van der Waals surface area contributed by atoms with Gasteiger partial charge in [0.15, 0.2) is 0 Å². The van der Waals surface area contributed by atoms with E-state index in [4.69, 9.17) is 4.74 Å². The van der Waals surface area contributed by atoms with Crippen molar-refractivity contribution >= 4 is 5.91 Å². The number of amides is 1. The summed E-state index contributed by atoms with van der Waals surface area (Å²) in [5, 5.41) is 8.16. The number of aromatic nitrogens is 2. The van der Waals surface area contributed by atoms with Crippen molar-refractivity contribution in [3.8, 4) is 0 Å². The van der Waals surface area contributed by atoms with Gasteiger partial charge in [0, 0.05) is 31.7 Å². The first-order valence-corrected chi connectivity index (χ1v) is 8.45. The fourth-order valence-corrected chi connectivity index (χ4v) is 3.46. The lowest BCUT2D eigenvalue weighted by atomic mass is 9.84. The van der Waals surface area contributed by atoms with Crippen molar-refractivity contribution in [2.75, 3.05) is 19.8 Å². The molecule has 2 fully saturated rings. The van der Waals surface area contributed by atoms with Gasteiger partial charge in [-0.15, -0.1) is 0 Å². The molecule has 1 saturated heterocycles. The van der Waals surface area contributed by atoms with E-state index in [0.29, 0.717) is 11.9 Å². The number of carbonyl (C=O) groups excluding carboxylic acids is 1. The minimum atomic E-state index is 0.290. The van der Waals surface area contributed by atoms with E-state index >= 15 is 0 Å². The number of carbonyl (C=O) groups is 1. The van der Waals surface area contributed by atoms with Gasteiger partial charge in [-0.2, -0.15) is 5.10 Å². The molecule has 1 aliphatic carbocycles. The van der Waals surface area contributed by atoms with Gasteiger partial charge in [0.05, 0.1) is 31.1 Å². The summed E-state index contributed by atoms with van der Waals surface area (Å²) in [6, 6.07) is 2.60. The van der Waals surface area contributed by atoms with Crippen molar-refractivity contribution in [1.29, 1.82) is 0 Å². The van der Waals surface area contributed by atoms with Gasteiger partial charge in [0.2, 0.25) is 5.91 Å². The van der Waals surface area contributed by atoms with Gasteiger partial charge in [-0.1, -0.05) is 6.42 Å². The zero-order valence-corrected chi connectivity index (χ0v) is 13.0. The third-order valence-corrected chi connectivity index (χ3v) is 5.12. The van der Waals surface area contributed by atoms with E-state index in [2.05, 4.69) is 21.2 Å². The lowest BCUT2D eigenvalue weighted by molar-refractivity contribution is -0.139. The van der Waals surface area contributed by atoms with Crippen LogP contribution in [-0.2, 0) is 29.2 Å². The van der Waals surface area contributed by atoms with Gasteiger partial charge in [0.25, 0.3) is 0 Å². The Kier molecular flexibility index (Phi) is 3.88. The monoisotopic (exact) mass is 304 g/mol. The molecule has 1 N–H and O–H groups in total. The molecule has 1 atom stereocenters. The molecule has 6 heteroatoms. The van der Waals surface area contributed by atoms with Gasteiger partial charge >= 0.3 is 0 Å². The summed E-state index contributed by atoms with van der Waals surface area (Å²) in [5.74, 6) is 0.638. The van der Waals surface area contributed by atoms with Crippen LogP contribution in [-0.4, -0.2) is 46.4 Å². The fraction of sp³-hybridized carbons (Fsp3) is 0.750. The smallest absolute Gasteiger partial charge is 0.226 e. The van der Waals surface area contributed by atoms with E-state index < -0.39 is 0 Å². The van der Waals surface area contributed by atoms with Crippen molar-refractivity contribution in [2.45, 2.75) is 51.4 Å². The highest BCUT2D eigenvalue weighted by molar-refractivity contribution is 5.79. The predicted octanol–water partition coefficient (Wildman–Crippen LogP) is 0.904. The molecule has 1 aromatic rings. The highest BCUT2D eigenvalue weighted by Gasteiger charge is 2.31. The molecule has 0 spiro atoms. The molecule has 1 saturated carbocycles. The number of rotatable bonds is 4. The van der Waals surface area contributed by atoms with Gasteiger partial charge in [-0.3, -0.25) is 9.48 Å². The topological polar surface area (TPSA) is 59.4 Å². The van der Waals surface area contributed by atoms with Crippen LogP contribution in [0.3, 0.4) is 0 Å². The summed E-state index contributed by atoms with van der Waals surface area (Å²) in [7, 11) is 0. The van der Waals surface area contributed by atoms with Crippen LogP contribution < -0.4 is 5.32 Å². The SMILES string of the molecule is O=C(C1CCC1)N1CCn2nc(CNC3CCOC3)cc2C1. The minimum absolute atomic E-state index is 0.290. The van der Waals surface area contributed by atoms with Crippen LogP contribution in [0.2, 0.25) is 0 Å². The molecule has 22 heavy (non-hydrogen) atoms. The first kappa shape index (κ1) is 14.2. The Hall–Kier alpha value is -1.40. The van der Waals surface area contributed by atoms with Crippen molar-refractivity contribution in [1.82, 2.24) is 20.0 Å². The normalized spacial score (nSPS) is 25.1. The van der Waals surface area contributed by atoms with Crippen molar-refractivity contribution in [3.05, 3.63) is 17.5 Å². The Morgan fingerprint density at radius 3 is 3.00 bits per heavy atom. The van der Waals surface area contributed by atoms with Gasteiger partial charge in [0.1, 0.15) is 0 Å². The Labute approximate surface area is 130 Å². The molecular formula is C16H24N4O2. The van der Waals surface area contributed by atoms with E-state index in [1.54, 1.807) is 0 Å². The minimum Gasteiger partial charge on any atom is -0.380 e. The second-order valence-electron chi connectivity index (χ2n) is 6.68. The maximum Gasteiger partial charge on any atom is 0.226 e. The van der Waals surface area contributed by atoms with Crippen LogP contribution in [0.1, 0.15) is 37.1 Å². The average molecular weight is 304 g/mol. The summed E-state index contributed by atoms with van der Waals surface area (Å²) in [5.41, 5.74) is 2.23. The van der Waals surface area contributed by atoms with E-state index in [1.165, 1.54) is 12.1 Å². The third kappa shape index (κ3) is 2.77. The highest BCUT2D eigenvalue weighted by atomic mass is 16.5. The van der Waals surface area contributed by atoms with Crippen molar-refractivity contribution in [2.24, 2.45) is 5.92 Å². The fourth-order valence-electron chi connectivity index (χ4n) is 3.46. The number of fused-ring (bicyclic) bond motifs is 1. The molecule has 1 amide bonds. The van der Waals surface area contributed by atoms with Gasteiger partial charge < -0.3 is 15.0 Å². The Morgan fingerprint density at radius 2 is 2.27 bits per heavy atom. The predicted molar refractivity (Wildman–Crippen MR) is 81.0 cm³/mol. The van der Waals surface area contributed by atoms with Crippen LogP contribution in [0, 0.1) is 5.92 Å². The van der Waals surface area contributed by atoms with E-state index in [-0.39, 0.29) is 5.92 Å². The quantitative estimate of drug-likeness (QED) is 0.898. The average Bonchev–Trinajstić information content (AvgIpc) is 3.11. The zero-order valence-electron chi connectivity index (χ0n) is 13.0. The first-order chi connectivity index (χ1) is 10.8. The summed E-state index contributed by atoms with van der Waals surface area (Å²) < 4.78 is 7.44. The van der Waals surface area contributed by atoms with E-state index in [9.17, 15) is 4.79 Å². The second kappa shape index (κ2) is 6.01. The molecule has 0 aromatic carbocycles. The zero-order chi connectivity index (χ0) is 14.9. The first-order valence-electron chi connectivity index (χ1n) is 8.45. The molecule has 0 bridgehead atoms. The Morgan fingerprint density at radius 1 is 1.36 bits per heavy atom. The van der Waals surface area contributed by atoms with Gasteiger partial charge in [-0.25, -0.2) is 0 Å². The highest BCUT2D eigenvalue weighted by Crippen LogP contribution is 2.29. The van der Waals surface area contributed by atoms with Crippen LogP contribution in [0.4, 0.5) is 0 Å². The Balaban J connectivity index is 1.36. The van der Waals surface area contributed by atoms with E-state index in [0.717, 1.165) is 64.3 Å². The van der Waals surface area contributed by atoms with Crippen LogP contribution in [0.5, 0.6) is 0 Å². The van der Waals surface area contributed by atoms with Gasteiger partial charge in [-0.05, 0) is 25.3 Å². The summed E-state index contributed by atoms with van der Waals surface area (Å²) in [6.07, 6.45) is 4.45. The number of hydrogen-bond acceptors (Lipinski definition) is 4. The standard InChI is InChI=1S/C16H24N4O2/c21-16(12-2-1-3-12)19-5-6-20-15(10-19)8-14(18-20)9-17-13-4-7-22-11-13/h8,12-13,17H,1-7,9-11H2. The maximum atomic E-state index is 12.4. The molecule has 4 rings (SSSR count). The number of hydrogen-bond donors (Lipinski definition) is 1. The lowest BCUT2D eigenvalue weighted by Crippen LogP contribution is -2.43. The van der Waals surface area contributed by atoms with Crippen LogP contribution >= 0.6 is 0 Å². The second-order valence-corrected chi connectivity index (χ2v) is 6.68. The van der Waals surface area contributed by atoms with Crippen molar-refractivity contribution < 1.29 is 9.53 Å². The molecule has 2 aliphatic heterocycles. The summed E-state index contributed by atoms with van der Waals surface area (Å²) in [6.45, 7) is 4.78. The molecule has 120 valence electrons. The Bertz CT molecular complexity index is 546. The molecule has 3 aliphatic rings. The molecule has 0 radical (unpaired) electrons. The summed E-state index contributed by atoms with van der Waals surface area (Å²) in [4.78, 5) is 14.4.